The molecule has 0 amide bonds. The van der Waals surface area contributed by atoms with E-state index in [2.05, 4.69) is 0 Å². The van der Waals surface area contributed by atoms with E-state index in [1.807, 2.05) is 182 Å². The Balaban J connectivity index is 1.58. The second-order valence-corrected chi connectivity index (χ2v) is 33.0. The van der Waals surface area contributed by atoms with Gasteiger partial charge in [-0.2, -0.15) is 0 Å². The topological polar surface area (TPSA) is 58.9 Å². The summed E-state index contributed by atoms with van der Waals surface area (Å²) in [7, 11) is -4.88. The average Bonchev–Trinajstić information content (AvgIpc) is 3.08. The molecule has 0 atom stereocenters. The molecule has 0 aliphatic carbocycles. The van der Waals surface area contributed by atoms with E-state index < -0.39 is 46.6 Å². The monoisotopic (exact) mass is 796 g/mol. The van der Waals surface area contributed by atoms with Crippen LogP contribution in [0.1, 0.15) is 0 Å². The molecule has 0 unspecified atom stereocenters. The Morgan fingerprint density at radius 3 is 0.628 bits per heavy atom. The fraction of sp³-hybridized carbons (Fsp3) is 0. The molecule has 6 aromatic carbocycles. The molecule has 0 saturated heterocycles. The molecule has 0 aliphatic rings. The van der Waals surface area contributed by atoms with Crippen LogP contribution in [0.2, 0.25) is 0 Å². The van der Waals surface area contributed by atoms with Gasteiger partial charge < -0.3 is 0 Å². The van der Waals surface area contributed by atoms with E-state index in [1.54, 1.807) is 0 Å². The van der Waals surface area contributed by atoms with E-state index in [1.165, 1.54) is 0 Å². The van der Waals surface area contributed by atoms with Gasteiger partial charge in [0, 0.05) is 0 Å². The van der Waals surface area contributed by atoms with Crippen LogP contribution in [0.15, 0.2) is 182 Å². The third-order valence-corrected chi connectivity index (χ3v) is 38.2. The van der Waals surface area contributed by atoms with E-state index >= 15 is 0 Å². The molecule has 0 aliphatic heterocycles. The van der Waals surface area contributed by atoms with Gasteiger partial charge in [-0.3, -0.25) is 0 Å². The van der Waals surface area contributed by atoms with Gasteiger partial charge in [0.1, 0.15) is 0 Å². The molecule has 0 radical (unpaired) electrons. The Morgan fingerprint density at radius 1 is 0.302 bits per heavy atom. The van der Waals surface area contributed by atoms with Crippen molar-refractivity contribution >= 4 is 68.1 Å². The Hall–Kier alpha value is -3.03. The molecule has 0 spiro atoms. The van der Waals surface area contributed by atoms with Crippen LogP contribution in [0.3, 0.4) is 0 Å². The minimum absolute atomic E-state index is 0.970. The number of hydrogen-bond donors (Lipinski definition) is 2. The zero-order chi connectivity index (χ0) is 29.6. The molecule has 43 heavy (non-hydrogen) atoms. The van der Waals surface area contributed by atoms with Crippen molar-refractivity contribution in [3.8, 4) is 0 Å². The third kappa shape index (κ3) is 6.16. The molecule has 0 heterocycles. The SMILES string of the molecule is O[Si](O)([O][Sn]([c]1ccccc1)([c]1ccccc1)[c]1ccccc1)[O][Sn]([c]1ccccc1)([c]1ccccc1)[c]1ccccc1. The first kappa shape index (κ1) is 30.0. The van der Waals surface area contributed by atoms with E-state index in [0.717, 1.165) is 21.5 Å². The van der Waals surface area contributed by atoms with Crippen LogP contribution in [-0.4, -0.2) is 56.2 Å². The molecular formula is C36H32O4SiSn2. The Labute approximate surface area is 263 Å². The molecule has 7 heteroatoms. The van der Waals surface area contributed by atoms with Crippen molar-refractivity contribution in [3.63, 3.8) is 0 Å². The summed E-state index contributed by atoms with van der Waals surface area (Å²) in [4.78, 5) is 24.6. The maximum absolute atomic E-state index is 12.3. The molecule has 6 aromatic rings. The molecule has 6 rings (SSSR count). The van der Waals surface area contributed by atoms with Crippen molar-refractivity contribution in [2.24, 2.45) is 0 Å². The maximum atomic E-state index is 12.3. The van der Waals surface area contributed by atoms with E-state index in [-0.39, 0.29) is 0 Å². The summed E-state index contributed by atoms with van der Waals surface area (Å²) < 4.78 is 19.8. The van der Waals surface area contributed by atoms with Gasteiger partial charge >= 0.3 is 265 Å². The number of hydrogen-bond acceptors (Lipinski definition) is 4. The van der Waals surface area contributed by atoms with E-state index in [4.69, 9.17) is 5.53 Å². The van der Waals surface area contributed by atoms with Gasteiger partial charge in [0.25, 0.3) is 0 Å². The summed E-state index contributed by atoms with van der Waals surface area (Å²) in [6.07, 6.45) is 0. The van der Waals surface area contributed by atoms with Crippen LogP contribution in [0.4, 0.5) is 0 Å². The molecule has 0 aromatic heterocycles. The number of rotatable bonds is 10. The van der Waals surface area contributed by atoms with Crippen LogP contribution in [0.25, 0.3) is 0 Å². The van der Waals surface area contributed by atoms with E-state index in [0.29, 0.717) is 0 Å². The van der Waals surface area contributed by atoms with Crippen LogP contribution < -0.4 is 21.5 Å². The van der Waals surface area contributed by atoms with Gasteiger partial charge in [-0.15, -0.1) is 0 Å². The van der Waals surface area contributed by atoms with Crippen LogP contribution in [-0.2, 0) is 5.53 Å². The van der Waals surface area contributed by atoms with Crippen LogP contribution >= 0.6 is 0 Å². The normalized spacial score (nSPS) is 12.1. The summed E-state index contributed by atoms with van der Waals surface area (Å²) in [5.74, 6) is 0. The molecule has 0 saturated carbocycles. The summed E-state index contributed by atoms with van der Waals surface area (Å²) in [5, 5.41) is 0. The molecule has 0 fully saturated rings. The summed E-state index contributed by atoms with van der Waals surface area (Å²) in [6.45, 7) is 0. The zero-order valence-electron chi connectivity index (χ0n) is 23.5. The Bertz CT molecular complexity index is 1400. The first-order chi connectivity index (χ1) is 21.0. The van der Waals surface area contributed by atoms with E-state index in [9.17, 15) is 9.59 Å². The first-order valence-corrected chi connectivity index (χ1v) is 26.8. The third-order valence-electron chi connectivity index (χ3n) is 7.65. The quantitative estimate of drug-likeness (QED) is 0.210. The predicted molar refractivity (Wildman–Crippen MR) is 180 cm³/mol. The van der Waals surface area contributed by atoms with Crippen molar-refractivity contribution in [1.82, 2.24) is 0 Å². The second kappa shape index (κ2) is 13.3. The van der Waals surface area contributed by atoms with Gasteiger partial charge in [-0.25, -0.2) is 0 Å². The number of benzene rings is 6. The van der Waals surface area contributed by atoms with Crippen LogP contribution in [0.5, 0.6) is 0 Å². The van der Waals surface area contributed by atoms with Crippen molar-refractivity contribution in [1.29, 1.82) is 0 Å². The van der Waals surface area contributed by atoms with Gasteiger partial charge in [-0.1, -0.05) is 0 Å². The minimum atomic E-state index is -4.88. The molecule has 4 nitrogen and oxygen atoms in total. The Kier molecular flexibility index (Phi) is 9.29. The van der Waals surface area contributed by atoms with Crippen molar-refractivity contribution < 1.29 is 15.1 Å². The molecule has 0 bridgehead atoms. The Morgan fingerprint density at radius 2 is 0.465 bits per heavy atom. The first-order valence-electron chi connectivity index (χ1n) is 14.2. The average molecular weight is 794 g/mol. The van der Waals surface area contributed by atoms with Gasteiger partial charge in [0.15, 0.2) is 0 Å². The fourth-order valence-corrected chi connectivity index (χ4v) is 40.0. The van der Waals surface area contributed by atoms with Gasteiger partial charge in [0.2, 0.25) is 0 Å². The molecular weight excluding hydrogens is 762 g/mol. The predicted octanol–water partition coefficient (Wildman–Crippen LogP) is 2.77. The van der Waals surface area contributed by atoms with Crippen molar-refractivity contribution in [2.45, 2.75) is 0 Å². The summed E-state index contributed by atoms with van der Waals surface area (Å²) in [6, 6.07) is 60.1. The van der Waals surface area contributed by atoms with Gasteiger partial charge in [-0.05, 0) is 0 Å². The molecule has 2 N–H and O–H groups in total. The summed E-state index contributed by atoms with van der Waals surface area (Å²) in [5.41, 5.74) is 0. The van der Waals surface area contributed by atoms with Crippen LogP contribution in [0, 0.1) is 0 Å². The zero-order valence-corrected chi connectivity index (χ0v) is 30.2. The second-order valence-electron chi connectivity index (χ2n) is 10.3. The fourth-order valence-electron chi connectivity index (χ4n) is 5.81. The summed E-state index contributed by atoms with van der Waals surface area (Å²) >= 11 is -9.17. The molecule has 212 valence electrons. The standard InChI is InChI=1S/6C6H5.H2O4Si.2Sn/c6*1-2-4-6-5-3-1;1-5(2,3)4;;/h6*1-5H;1-2H;;/q;;;;;;-2;2*+1. The van der Waals surface area contributed by atoms with Crippen molar-refractivity contribution in [3.05, 3.63) is 182 Å². The van der Waals surface area contributed by atoms with Crippen molar-refractivity contribution in [2.75, 3.05) is 0 Å². The van der Waals surface area contributed by atoms with Gasteiger partial charge in [0.05, 0.1) is 0 Å².